The molecular weight excluding hydrogens is 413 g/mol. The number of carboxylic acids is 1. The Balaban J connectivity index is 2.16. The van der Waals surface area contributed by atoms with E-state index in [1.807, 2.05) is 6.07 Å². The summed E-state index contributed by atoms with van der Waals surface area (Å²) in [5, 5.41) is 11.2. The summed E-state index contributed by atoms with van der Waals surface area (Å²) in [6.45, 7) is 3.29. The fraction of sp³-hybridized carbons (Fsp3) is 0.318. The Bertz CT molecular complexity index is 953. The second kappa shape index (κ2) is 10.1. The van der Waals surface area contributed by atoms with E-state index in [2.05, 4.69) is 5.32 Å². The van der Waals surface area contributed by atoms with Crippen molar-refractivity contribution < 1.29 is 32.7 Å². The summed E-state index contributed by atoms with van der Waals surface area (Å²) in [7, 11) is 0. The summed E-state index contributed by atoms with van der Waals surface area (Å²) in [6, 6.07) is 9.36. The van der Waals surface area contributed by atoms with Gasteiger partial charge in [0.25, 0.3) is 5.91 Å². The summed E-state index contributed by atoms with van der Waals surface area (Å²) in [6.07, 6.45) is -4.52. The van der Waals surface area contributed by atoms with E-state index in [0.29, 0.717) is 5.69 Å². The van der Waals surface area contributed by atoms with Gasteiger partial charge in [-0.1, -0.05) is 24.3 Å². The maximum Gasteiger partial charge on any atom is 0.416 e. The molecule has 0 fully saturated rings. The van der Waals surface area contributed by atoms with Gasteiger partial charge >= 0.3 is 12.1 Å². The highest BCUT2D eigenvalue weighted by atomic mass is 19.4. The zero-order valence-corrected chi connectivity index (χ0v) is 17.1. The lowest BCUT2D eigenvalue weighted by Crippen LogP contribution is -2.41. The zero-order valence-electron chi connectivity index (χ0n) is 17.1. The molecule has 31 heavy (non-hydrogen) atoms. The molecule has 0 aliphatic heterocycles. The van der Waals surface area contributed by atoms with Crippen molar-refractivity contribution in [3.05, 3.63) is 64.7 Å². The van der Waals surface area contributed by atoms with Crippen LogP contribution in [0.3, 0.4) is 0 Å². The van der Waals surface area contributed by atoms with E-state index in [1.165, 1.54) is 11.0 Å². The molecule has 0 saturated heterocycles. The molecule has 2 aromatic carbocycles. The van der Waals surface area contributed by atoms with Crippen molar-refractivity contribution in [1.29, 1.82) is 0 Å². The van der Waals surface area contributed by atoms with Crippen LogP contribution < -0.4 is 10.2 Å². The van der Waals surface area contributed by atoms with Gasteiger partial charge in [-0.3, -0.25) is 14.4 Å². The Morgan fingerprint density at radius 1 is 1.03 bits per heavy atom. The highest BCUT2D eigenvalue weighted by Crippen LogP contribution is 2.29. The molecule has 0 bridgehead atoms. The lowest BCUT2D eigenvalue weighted by Gasteiger charge is -2.26. The molecule has 6 nitrogen and oxygen atoms in total. The first-order chi connectivity index (χ1) is 14.5. The number of nitrogens with zero attached hydrogens (tertiary/aromatic N) is 1. The third-order valence-electron chi connectivity index (χ3n) is 4.64. The van der Waals surface area contributed by atoms with Crippen LogP contribution in [0.15, 0.2) is 42.5 Å². The first-order valence-electron chi connectivity index (χ1n) is 9.54. The minimum Gasteiger partial charge on any atom is -0.481 e. The minimum atomic E-state index is -4.59. The number of aryl methyl sites for hydroxylation is 2. The lowest BCUT2D eigenvalue weighted by atomic mass is 10.1. The normalized spacial score (nSPS) is 11.1. The van der Waals surface area contributed by atoms with Crippen molar-refractivity contribution in [3.63, 3.8) is 0 Å². The number of benzene rings is 2. The number of para-hydroxylation sites is 1. The molecule has 0 heterocycles. The summed E-state index contributed by atoms with van der Waals surface area (Å²) in [5.41, 5.74) is 1.04. The Morgan fingerprint density at radius 3 is 2.23 bits per heavy atom. The van der Waals surface area contributed by atoms with Gasteiger partial charge in [-0.05, 0) is 49.6 Å². The number of carbonyl (C=O) groups is 3. The molecule has 0 radical (unpaired) electrons. The van der Waals surface area contributed by atoms with E-state index < -0.39 is 36.1 Å². The van der Waals surface area contributed by atoms with Gasteiger partial charge in [0, 0.05) is 24.2 Å². The van der Waals surface area contributed by atoms with Crippen molar-refractivity contribution in [2.75, 3.05) is 18.0 Å². The highest BCUT2D eigenvalue weighted by Gasteiger charge is 2.31. The number of anilines is 1. The second-order valence-electron chi connectivity index (χ2n) is 7.04. The predicted molar refractivity (Wildman–Crippen MR) is 109 cm³/mol. The Morgan fingerprint density at radius 2 is 1.65 bits per heavy atom. The minimum absolute atomic E-state index is 0.121. The van der Waals surface area contributed by atoms with Crippen molar-refractivity contribution in [2.45, 2.75) is 32.9 Å². The van der Waals surface area contributed by atoms with Gasteiger partial charge in [0.05, 0.1) is 12.1 Å². The molecule has 166 valence electrons. The molecular formula is C22H23F3N2O4. The van der Waals surface area contributed by atoms with Gasteiger partial charge in [0.1, 0.15) is 0 Å². The van der Waals surface area contributed by atoms with Crippen molar-refractivity contribution in [2.24, 2.45) is 0 Å². The van der Waals surface area contributed by atoms with E-state index in [1.54, 1.807) is 26.0 Å². The first kappa shape index (κ1) is 23.9. The van der Waals surface area contributed by atoms with E-state index >= 15 is 0 Å². The third-order valence-corrected chi connectivity index (χ3v) is 4.64. The van der Waals surface area contributed by atoms with Crippen LogP contribution in [0.1, 0.15) is 39.9 Å². The number of aliphatic carboxylic acids is 1. The van der Waals surface area contributed by atoms with Gasteiger partial charge in [0.2, 0.25) is 5.91 Å². The zero-order chi connectivity index (χ0) is 23.2. The quantitative estimate of drug-likeness (QED) is 0.656. The van der Waals surface area contributed by atoms with Gasteiger partial charge in [-0.25, -0.2) is 0 Å². The number of rotatable bonds is 8. The van der Waals surface area contributed by atoms with Crippen LogP contribution >= 0.6 is 0 Å². The van der Waals surface area contributed by atoms with Crippen molar-refractivity contribution in [1.82, 2.24) is 5.32 Å². The van der Waals surface area contributed by atoms with E-state index in [-0.39, 0.29) is 24.9 Å². The molecule has 0 saturated carbocycles. The number of hydrogen-bond donors (Lipinski definition) is 2. The molecule has 0 aromatic heterocycles. The van der Waals surface area contributed by atoms with Crippen LogP contribution in [-0.2, 0) is 15.8 Å². The van der Waals surface area contributed by atoms with Crippen molar-refractivity contribution >= 4 is 23.5 Å². The molecule has 0 spiro atoms. The number of carbonyl (C=O) groups excluding carboxylic acids is 2. The average molecular weight is 436 g/mol. The molecule has 2 N–H and O–H groups in total. The monoisotopic (exact) mass is 436 g/mol. The van der Waals surface area contributed by atoms with Crippen LogP contribution in [0.25, 0.3) is 0 Å². The number of halogens is 3. The maximum absolute atomic E-state index is 12.9. The van der Waals surface area contributed by atoms with Gasteiger partial charge in [-0.2, -0.15) is 13.2 Å². The number of nitrogens with one attached hydrogen (secondary N) is 1. The maximum atomic E-state index is 12.9. The fourth-order valence-electron chi connectivity index (χ4n) is 3.17. The average Bonchev–Trinajstić information content (AvgIpc) is 2.69. The van der Waals surface area contributed by atoms with Gasteiger partial charge in [0.15, 0.2) is 0 Å². The smallest absolute Gasteiger partial charge is 0.416 e. The van der Waals surface area contributed by atoms with Crippen LogP contribution in [0, 0.1) is 13.8 Å². The molecule has 0 aliphatic carbocycles. The number of carboxylic acid groups (broad SMARTS) is 1. The Labute approximate surface area is 177 Å². The molecule has 0 atom stereocenters. The summed E-state index contributed by atoms with van der Waals surface area (Å²) in [5.74, 6) is -2.30. The van der Waals surface area contributed by atoms with E-state index in [0.717, 1.165) is 29.3 Å². The topological polar surface area (TPSA) is 86.7 Å². The summed E-state index contributed by atoms with van der Waals surface area (Å²) < 4.78 is 38.6. The van der Waals surface area contributed by atoms with E-state index in [9.17, 15) is 27.6 Å². The van der Waals surface area contributed by atoms with Crippen molar-refractivity contribution in [3.8, 4) is 0 Å². The van der Waals surface area contributed by atoms with Crippen LogP contribution in [0.2, 0.25) is 0 Å². The Kier molecular flexibility index (Phi) is 7.79. The number of hydrogen-bond acceptors (Lipinski definition) is 3. The van der Waals surface area contributed by atoms with Crippen LogP contribution in [0.4, 0.5) is 18.9 Å². The third kappa shape index (κ3) is 6.56. The predicted octanol–water partition coefficient (Wildman–Crippen LogP) is 3.95. The molecule has 2 aromatic rings. The Hall–Kier alpha value is -3.36. The largest absolute Gasteiger partial charge is 0.481 e. The highest BCUT2D eigenvalue weighted by molar-refractivity contribution is 6.01. The van der Waals surface area contributed by atoms with Gasteiger partial charge in [-0.15, -0.1) is 0 Å². The molecule has 9 heteroatoms. The lowest BCUT2D eigenvalue weighted by molar-refractivity contribution is -0.138. The summed E-state index contributed by atoms with van der Waals surface area (Å²) >= 11 is 0. The molecule has 2 rings (SSSR count). The number of alkyl halides is 3. The van der Waals surface area contributed by atoms with Crippen LogP contribution in [-0.4, -0.2) is 36.0 Å². The summed E-state index contributed by atoms with van der Waals surface area (Å²) in [4.78, 5) is 37.4. The molecule has 0 aliphatic rings. The molecule has 2 amide bonds. The fourth-order valence-corrected chi connectivity index (χ4v) is 3.17. The second-order valence-corrected chi connectivity index (χ2v) is 7.04. The first-order valence-corrected chi connectivity index (χ1v) is 9.54. The SMILES string of the molecule is Cc1cccc(C)c1N(CCCC(=O)O)C(=O)CNC(=O)c1cccc(C(F)(F)F)c1. The van der Waals surface area contributed by atoms with Crippen LogP contribution in [0.5, 0.6) is 0 Å². The number of amides is 2. The van der Waals surface area contributed by atoms with E-state index in [4.69, 9.17) is 5.11 Å². The standard InChI is InChI=1S/C22H23F3N2O4/c1-14-6-3-7-15(2)20(14)27(11-5-10-19(29)30)18(28)13-26-21(31)16-8-4-9-17(12-16)22(23,24)25/h3-4,6-9,12H,5,10-11,13H2,1-2H3,(H,26,31)(H,29,30). The van der Waals surface area contributed by atoms with Gasteiger partial charge < -0.3 is 15.3 Å². The molecule has 0 unspecified atom stereocenters.